The van der Waals surface area contributed by atoms with E-state index < -0.39 is 0 Å². The highest BCUT2D eigenvalue weighted by atomic mass is 32.2. The summed E-state index contributed by atoms with van der Waals surface area (Å²) < 4.78 is 1.63. The van der Waals surface area contributed by atoms with Crippen molar-refractivity contribution in [1.29, 1.82) is 10.7 Å². The van der Waals surface area contributed by atoms with E-state index in [0.717, 1.165) is 23.1 Å². The fourth-order valence-corrected chi connectivity index (χ4v) is 2.53. The lowest BCUT2D eigenvalue weighted by Crippen LogP contribution is -2.35. The molecular weight excluding hydrogens is 308 g/mol. The summed E-state index contributed by atoms with van der Waals surface area (Å²) in [5, 5.41) is 25.6. The summed E-state index contributed by atoms with van der Waals surface area (Å²) in [6.45, 7) is 0. The molecule has 0 spiro atoms. The standard InChI is InChI=1S/C16H11N6S/c17-11-15(12-18)23-16-19-22(14-9-5-2-6-10-14)20-21(16)13-7-3-1-4-8-13/h1-10,17H/q+1. The molecule has 1 heterocycles. The van der Waals surface area contributed by atoms with E-state index in [1.54, 1.807) is 4.68 Å². The highest BCUT2D eigenvalue weighted by Crippen LogP contribution is 2.20. The van der Waals surface area contributed by atoms with Crippen molar-refractivity contribution in [2.45, 2.75) is 5.16 Å². The van der Waals surface area contributed by atoms with Crippen LogP contribution in [0.4, 0.5) is 0 Å². The molecule has 3 aromatic rings. The predicted molar refractivity (Wildman–Crippen MR) is 85.6 cm³/mol. The van der Waals surface area contributed by atoms with Crippen molar-refractivity contribution in [3.63, 3.8) is 0 Å². The number of nitrogens with one attached hydrogen (secondary N) is 1. The van der Waals surface area contributed by atoms with Gasteiger partial charge in [0.05, 0.1) is 10.3 Å². The van der Waals surface area contributed by atoms with Gasteiger partial charge in [-0.2, -0.15) is 5.26 Å². The summed E-state index contributed by atoms with van der Waals surface area (Å²) in [6, 6.07) is 20.9. The van der Waals surface area contributed by atoms with Crippen LogP contribution in [-0.2, 0) is 0 Å². The number of hydrogen-bond acceptors (Lipinski definition) is 5. The van der Waals surface area contributed by atoms with Gasteiger partial charge in [-0.3, -0.25) is 5.41 Å². The highest BCUT2D eigenvalue weighted by Gasteiger charge is 2.24. The Kier molecular flexibility index (Phi) is 4.29. The zero-order valence-corrected chi connectivity index (χ0v) is 12.7. The van der Waals surface area contributed by atoms with Crippen molar-refractivity contribution < 1.29 is 4.68 Å². The Hall–Kier alpha value is -3.20. The van der Waals surface area contributed by atoms with Crippen molar-refractivity contribution in [2.75, 3.05) is 0 Å². The first kappa shape index (κ1) is 14.7. The van der Waals surface area contributed by atoms with Gasteiger partial charge in [-0.15, -0.1) is 0 Å². The Morgan fingerprint density at radius 2 is 1.74 bits per heavy atom. The van der Waals surface area contributed by atoms with Crippen LogP contribution in [0.5, 0.6) is 0 Å². The molecule has 2 aromatic carbocycles. The molecule has 0 saturated heterocycles. The van der Waals surface area contributed by atoms with Crippen LogP contribution in [0.25, 0.3) is 11.4 Å². The summed E-state index contributed by atoms with van der Waals surface area (Å²) in [6.07, 6.45) is 0. The Labute approximate surface area is 136 Å². The molecule has 0 aliphatic carbocycles. The first-order chi connectivity index (χ1) is 11.3. The van der Waals surface area contributed by atoms with Crippen LogP contribution >= 0.6 is 11.8 Å². The van der Waals surface area contributed by atoms with Crippen molar-refractivity contribution in [3.05, 3.63) is 65.6 Å². The number of allylic oxidation sites excluding steroid dienone is 1. The number of para-hydroxylation sites is 2. The van der Waals surface area contributed by atoms with E-state index >= 15 is 0 Å². The molecule has 0 aliphatic rings. The normalized spacial score (nSPS) is 9.87. The second kappa shape index (κ2) is 6.71. The molecule has 0 saturated carbocycles. The van der Waals surface area contributed by atoms with Gasteiger partial charge in [0.25, 0.3) is 0 Å². The van der Waals surface area contributed by atoms with Gasteiger partial charge in [0.15, 0.2) is 10.6 Å². The number of thioether (sulfide) groups is 1. The third kappa shape index (κ3) is 3.19. The van der Waals surface area contributed by atoms with E-state index in [0.29, 0.717) is 5.16 Å². The van der Waals surface area contributed by atoms with E-state index in [-0.39, 0.29) is 4.91 Å². The first-order valence-corrected chi connectivity index (χ1v) is 7.51. The maximum absolute atomic E-state index is 9.02. The van der Waals surface area contributed by atoms with Crippen LogP contribution in [0.1, 0.15) is 0 Å². The number of aromatic nitrogens is 4. The maximum Gasteiger partial charge on any atom is 0.369 e. The number of tetrazole rings is 1. The van der Waals surface area contributed by atoms with Gasteiger partial charge in [0.2, 0.25) is 0 Å². The number of benzene rings is 2. The van der Waals surface area contributed by atoms with E-state index in [9.17, 15) is 0 Å². The van der Waals surface area contributed by atoms with Gasteiger partial charge in [-0.05, 0) is 24.3 Å². The number of hydrogen-bond donors (Lipinski definition) is 1. The van der Waals surface area contributed by atoms with Gasteiger partial charge >= 0.3 is 5.16 Å². The fourth-order valence-electron chi connectivity index (χ4n) is 1.90. The topological polar surface area (TPSA) is 82.2 Å². The quantitative estimate of drug-likeness (QED) is 0.346. The maximum atomic E-state index is 9.02. The minimum atomic E-state index is 0.120. The third-order valence-corrected chi connectivity index (χ3v) is 3.77. The number of nitriles is 1. The molecule has 6 nitrogen and oxygen atoms in total. The van der Waals surface area contributed by atoms with E-state index in [2.05, 4.69) is 16.2 Å². The summed E-state index contributed by atoms with van der Waals surface area (Å²) >= 11 is 1.05. The molecule has 7 heteroatoms. The molecule has 23 heavy (non-hydrogen) atoms. The zero-order chi connectivity index (χ0) is 16.1. The average molecular weight is 319 g/mol. The van der Waals surface area contributed by atoms with E-state index in [4.69, 9.17) is 10.7 Å². The summed E-state index contributed by atoms with van der Waals surface area (Å²) in [4.78, 5) is 1.61. The Balaban J connectivity index is 2.11. The molecule has 0 aliphatic heterocycles. The van der Waals surface area contributed by atoms with Crippen molar-refractivity contribution in [3.8, 4) is 17.4 Å². The molecule has 0 unspecified atom stereocenters. The second-order valence-corrected chi connectivity index (χ2v) is 5.39. The lowest BCUT2D eigenvalue weighted by molar-refractivity contribution is -0.698. The van der Waals surface area contributed by atoms with Crippen LogP contribution < -0.4 is 4.68 Å². The minimum absolute atomic E-state index is 0.120. The van der Waals surface area contributed by atoms with Crippen LogP contribution in [-0.4, -0.2) is 21.0 Å². The molecule has 0 amide bonds. The molecule has 1 aromatic heterocycles. The van der Waals surface area contributed by atoms with Gasteiger partial charge in [-0.25, -0.2) is 0 Å². The molecule has 0 atom stereocenters. The van der Waals surface area contributed by atoms with Crippen LogP contribution in [0.3, 0.4) is 0 Å². The SMILES string of the molecule is N#CC(=C=N)Sc1nn(-c2ccccc2)n[n+]1-c1ccccc1. The van der Waals surface area contributed by atoms with Gasteiger partial charge < -0.3 is 0 Å². The average Bonchev–Trinajstić information content (AvgIpc) is 3.05. The minimum Gasteiger partial charge on any atom is -0.257 e. The number of rotatable bonds is 4. The van der Waals surface area contributed by atoms with E-state index in [1.165, 1.54) is 4.80 Å². The van der Waals surface area contributed by atoms with Crippen LogP contribution in [0.2, 0.25) is 0 Å². The molecule has 0 bridgehead atoms. The molecule has 0 radical (unpaired) electrons. The lowest BCUT2D eigenvalue weighted by atomic mass is 10.3. The van der Waals surface area contributed by atoms with Crippen molar-refractivity contribution in [2.24, 2.45) is 0 Å². The van der Waals surface area contributed by atoms with Crippen LogP contribution in [0, 0.1) is 16.7 Å². The van der Waals surface area contributed by atoms with E-state index in [1.807, 2.05) is 66.7 Å². The highest BCUT2D eigenvalue weighted by molar-refractivity contribution is 8.03. The fraction of sp³-hybridized carbons (Fsp3) is 0. The predicted octanol–water partition coefficient (Wildman–Crippen LogP) is 2.29. The zero-order valence-electron chi connectivity index (χ0n) is 11.9. The smallest absolute Gasteiger partial charge is 0.257 e. The number of nitrogens with zero attached hydrogens (tertiary/aromatic N) is 5. The largest absolute Gasteiger partial charge is 0.369 e. The second-order valence-electron chi connectivity index (χ2n) is 4.41. The Morgan fingerprint density at radius 1 is 1.09 bits per heavy atom. The van der Waals surface area contributed by atoms with Crippen molar-refractivity contribution in [1.82, 2.24) is 15.1 Å². The third-order valence-electron chi connectivity index (χ3n) is 2.93. The summed E-state index contributed by atoms with van der Waals surface area (Å²) in [7, 11) is 0. The van der Waals surface area contributed by atoms with Gasteiger partial charge in [0, 0.05) is 22.4 Å². The van der Waals surface area contributed by atoms with Gasteiger partial charge in [-0.1, -0.05) is 41.1 Å². The van der Waals surface area contributed by atoms with Gasteiger partial charge in [0.1, 0.15) is 11.8 Å². The summed E-state index contributed by atoms with van der Waals surface area (Å²) in [5.41, 5.74) is 1.63. The Bertz CT molecular complexity index is 905. The molecular formula is C16H11N6S+. The lowest BCUT2D eigenvalue weighted by Gasteiger charge is -1.95. The molecule has 0 fully saturated rings. The molecule has 1 N–H and O–H groups in total. The monoisotopic (exact) mass is 319 g/mol. The summed E-state index contributed by atoms with van der Waals surface area (Å²) in [5.74, 6) is 2.11. The molecule has 110 valence electrons. The molecule has 3 rings (SSSR count). The van der Waals surface area contributed by atoms with Crippen LogP contribution in [0.15, 0.2) is 70.7 Å². The first-order valence-electron chi connectivity index (χ1n) is 6.70. The Morgan fingerprint density at radius 3 is 2.35 bits per heavy atom. The van der Waals surface area contributed by atoms with Crippen molar-refractivity contribution >= 4 is 17.6 Å².